The van der Waals surface area contributed by atoms with Crippen molar-refractivity contribution < 1.29 is 14.7 Å². The molecular formula is C25H37N3O3S. The molecular weight excluding hydrogens is 422 g/mol. The van der Waals surface area contributed by atoms with Gasteiger partial charge in [0.25, 0.3) is 0 Å². The largest absolute Gasteiger partial charge is 0.399 e. The second-order valence-corrected chi connectivity index (χ2v) is 10.9. The highest BCUT2D eigenvalue weighted by Gasteiger charge is 2.41. The van der Waals surface area contributed by atoms with Crippen LogP contribution in [-0.2, 0) is 22.4 Å². The van der Waals surface area contributed by atoms with E-state index in [1.165, 1.54) is 23.1 Å². The molecule has 4 atom stereocenters. The van der Waals surface area contributed by atoms with Crippen LogP contribution in [0.3, 0.4) is 0 Å². The number of carbonyl (C=O) groups excluding carboxylic acids is 2. The SMILES string of the molecule is Cc1cc2c(cc1N)CC(CCCCCC(=O)N1CCC[C@H]1C(=O)C1SCN[C@@H]1CO)C2. The molecule has 2 aliphatic heterocycles. The fraction of sp³-hybridized carbons (Fsp3) is 0.680. The summed E-state index contributed by atoms with van der Waals surface area (Å²) in [6, 6.07) is 3.91. The predicted molar refractivity (Wildman–Crippen MR) is 130 cm³/mol. The lowest BCUT2D eigenvalue weighted by Crippen LogP contribution is -2.48. The first-order valence-corrected chi connectivity index (χ1v) is 13.2. The third kappa shape index (κ3) is 5.15. The molecule has 2 heterocycles. The number of likely N-dealkylation sites (tertiary alicyclic amines) is 1. The van der Waals surface area contributed by atoms with Crippen molar-refractivity contribution in [3.05, 3.63) is 28.8 Å². The third-order valence-electron chi connectivity index (χ3n) is 7.46. The molecule has 0 aromatic heterocycles. The molecule has 7 heteroatoms. The van der Waals surface area contributed by atoms with E-state index in [1.807, 2.05) is 4.90 Å². The maximum atomic E-state index is 13.0. The van der Waals surface area contributed by atoms with E-state index >= 15 is 0 Å². The quantitative estimate of drug-likeness (QED) is 0.388. The van der Waals surface area contributed by atoms with Crippen molar-refractivity contribution in [1.82, 2.24) is 10.2 Å². The zero-order valence-electron chi connectivity index (χ0n) is 19.1. The van der Waals surface area contributed by atoms with Gasteiger partial charge in [-0.3, -0.25) is 9.59 Å². The summed E-state index contributed by atoms with van der Waals surface area (Å²) in [6.45, 7) is 2.72. The van der Waals surface area contributed by atoms with Crippen molar-refractivity contribution in [2.75, 3.05) is 24.8 Å². The number of nitrogens with two attached hydrogens (primary N) is 1. The molecule has 4 rings (SSSR count). The number of ketones is 1. The molecule has 0 bridgehead atoms. The number of nitrogen functional groups attached to an aromatic ring is 1. The van der Waals surface area contributed by atoms with E-state index in [-0.39, 0.29) is 35.6 Å². The van der Waals surface area contributed by atoms with Gasteiger partial charge in [-0.25, -0.2) is 0 Å². The highest BCUT2D eigenvalue weighted by atomic mass is 32.2. The number of Topliss-reactive ketones (excluding diaryl/α,β-unsaturated/α-hetero) is 1. The van der Waals surface area contributed by atoms with Gasteiger partial charge in [0.15, 0.2) is 5.78 Å². The number of carbonyl (C=O) groups is 2. The zero-order chi connectivity index (χ0) is 22.7. The third-order valence-corrected chi connectivity index (χ3v) is 8.71. The Morgan fingerprint density at radius 1 is 1.22 bits per heavy atom. The number of nitrogens with one attached hydrogen (secondary N) is 1. The number of hydrogen-bond acceptors (Lipinski definition) is 6. The molecule has 1 amide bonds. The van der Waals surface area contributed by atoms with Gasteiger partial charge in [0.05, 0.1) is 17.9 Å². The number of aryl methyl sites for hydroxylation is 1. The summed E-state index contributed by atoms with van der Waals surface area (Å²) in [6.07, 6.45) is 8.74. The van der Waals surface area contributed by atoms with E-state index in [2.05, 4.69) is 24.4 Å². The van der Waals surface area contributed by atoms with Gasteiger partial charge in [-0.05, 0) is 74.1 Å². The van der Waals surface area contributed by atoms with Crippen LogP contribution in [0.15, 0.2) is 12.1 Å². The summed E-state index contributed by atoms with van der Waals surface area (Å²) in [4.78, 5) is 27.7. The molecule has 1 aliphatic carbocycles. The van der Waals surface area contributed by atoms with Crippen LogP contribution >= 0.6 is 11.8 Å². The summed E-state index contributed by atoms with van der Waals surface area (Å²) in [5.41, 5.74) is 11.0. The van der Waals surface area contributed by atoms with E-state index in [0.29, 0.717) is 24.8 Å². The van der Waals surface area contributed by atoms with Crippen molar-refractivity contribution in [2.24, 2.45) is 5.92 Å². The lowest BCUT2D eigenvalue weighted by atomic mass is 9.98. The summed E-state index contributed by atoms with van der Waals surface area (Å²) in [5.74, 6) is 1.61. The highest BCUT2D eigenvalue weighted by molar-refractivity contribution is 8.00. The van der Waals surface area contributed by atoms with Crippen molar-refractivity contribution in [1.29, 1.82) is 0 Å². The molecule has 1 aromatic rings. The maximum absolute atomic E-state index is 13.0. The first-order valence-electron chi connectivity index (χ1n) is 12.1. The summed E-state index contributed by atoms with van der Waals surface area (Å²) >= 11 is 1.55. The number of unbranched alkanes of at least 4 members (excludes halogenated alkanes) is 2. The van der Waals surface area contributed by atoms with Gasteiger partial charge >= 0.3 is 0 Å². The number of aliphatic hydroxyl groups is 1. The van der Waals surface area contributed by atoms with Crippen molar-refractivity contribution >= 4 is 29.1 Å². The predicted octanol–water partition coefficient (Wildman–Crippen LogP) is 2.83. The first-order chi connectivity index (χ1) is 15.5. The van der Waals surface area contributed by atoms with Crippen LogP contribution in [-0.4, -0.2) is 58.1 Å². The lowest BCUT2D eigenvalue weighted by Gasteiger charge is -2.27. The zero-order valence-corrected chi connectivity index (χ0v) is 20.0. The number of aliphatic hydroxyl groups excluding tert-OH is 1. The molecule has 2 fully saturated rings. The first kappa shape index (κ1) is 23.6. The molecule has 4 N–H and O–H groups in total. The molecule has 2 saturated heterocycles. The summed E-state index contributed by atoms with van der Waals surface area (Å²) < 4.78 is 0. The van der Waals surface area contributed by atoms with Gasteiger partial charge in [0, 0.05) is 30.6 Å². The van der Waals surface area contributed by atoms with Crippen LogP contribution < -0.4 is 11.1 Å². The Hall–Kier alpha value is -1.57. The van der Waals surface area contributed by atoms with E-state index in [9.17, 15) is 14.7 Å². The number of rotatable bonds is 9. The van der Waals surface area contributed by atoms with Crippen molar-refractivity contribution in [3.8, 4) is 0 Å². The van der Waals surface area contributed by atoms with E-state index in [4.69, 9.17) is 5.73 Å². The minimum Gasteiger partial charge on any atom is -0.399 e. The average Bonchev–Trinajstić information content (AvgIpc) is 3.52. The Kier molecular flexibility index (Phi) is 7.79. The maximum Gasteiger partial charge on any atom is 0.223 e. The standard InChI is InChI=1S/C25H37N3O3S/c1-16-10-18-11-17(12-19(18)13-20(16)26)6-3-2-4-8-23(30)28-9-5-7-22(28)24(31)25-21(14-29)27-15-32-25/h10,13,17,21-22,25,27,29H,2-9,11-12,14-15,26H2,1H3/t17?,21-,22+,25?/m1/s1. The van der Waals surface area contributed by atoms with Gasteiger partial charge in [0.1, 0.15) is 0 Å². The Morgan fingerprint density at radius 3 is 2.78 bits per heavy atom. The number of hydrogen-bond donors (Lipinski definition) is 3. The van der Waals surface area contributed by atoms with Gasteiger partial charge < -0.3 is 21.1 Å². The molecule has 176 valence electrons. The van der Waals surface area contributed by atoms with E-state index < -0.39 is 0 Å². The van der Waals surface area contributed by atoms with Crippen LogP contribution in [0, 0.1) is 12.8 Å². The minimum atomic E-state index is -0.304. The molecule has 6 nitrogen and oxygen atoms in total. The highest BCUT2D eigenvalue weighted by Crippen LogP contribution is 2.33. The van der Waals surface area contributed by atoms with Crippen LogP contribution in [0.2, 0.25) is 0 Å². The molecule has 32 heavy (non-hydrogen) atoms. The fourth-order valence-electron chi connectivity index (χ4n) is 5.60. The molecule has 1 aromatic carbocycles. The smallest absolute Gasteiger partial charge is 0.223 e. The molecule has 2 unspecified atom stereocenters. The monoisotopic (exact) mass is 459 g/mol. The minimum absolute atomic E-state index is 0.0386. The number of amides is 1. The number of thioether (sulfide) groups is 1. The second-order valence-electron chi connectivity index (χ2n) is 9.72. The fourth-order valence-corrected chi connectivity index (χ4v) is 6.82. The Bertz CT molecular complexity index is 815. The van der Waals surface area contributed by atoms with Crippen LogP contribution in [0.5, 0.6) is 0 Å². The van der Waals surface area contributed by atoms with E-state index in [0.717, 1.165) is 50.6 Å². The molecule has 0 spiro atoms. The van der Waals surface area contributed by atoms with Crippen molar-refractivity contribution in [2.45, 2.75) is 82.0 Å². The van der Waals surface area contributed by atoms with Crippen LogP contribution in [0.4, 0.5) is 5.69 Å². The number of fused-ring (bicyclic) bond motifs is 1. The number of anilines is 1. The topological polar surface area (TPSA) is 95.7 Å². The Balaban J connectivity index is 1.18. The second kappa shape index (κ2) is 10.6. The van der Waals surface area contributed by atoms with Gasteiger partial charge in [-0.2, -0.15) is 0 Å². The molecule has 0 saturated carbocycles. The summed E-state index contributed by atoms with van der Waals surface area (Å²) in [5, 5.41) is 12.4. The van der Waals surface area contributed by atoms with Gasteiger partial charge in [-0.1, -0.05) is 18.9 Å². The number of benzene rings is 1. The van der Waals surface area contributed by atoms with Crippen LogP contribution in [0.1, 0.15) is 61.6 Å². The van der Waals surface area contributed by atoms with Crippen molar-refractivity contribution in [3.63, 3.8) is 0 Å². The van der Waals surface area contributed by atoms with Crippen LogP contribution in [0.25, 0.3) is 0 Å². The summed E-state index contributed by atoms with van der Waals surface area (Å²) in [7, 11) is 0. The number of nitrogens with zero attached hydrogens (tertiary/aromatic N) is 1. The normalized spacial score (nSPS) is 27.1. The average molecular weight is 460 g/mol. The lowest BCUT2D eigenvalue weighted by molar-refractivity contribution is -0.137. The Labute approximate surface area is 195 Å². The van der Waals surface area contributed by atoms with Gasteiger partial charge in [-0.15, -0.1) is 11.8 Å². The Morgan fingerprint density at radius 2 is 2.00 bits per heavy atom. The van der Waals surface area contributed by atoms with E-state index in [1.54, 1.807) is 11.8 Å². The molecule has 3 aliphatic rings. The van der Waals surface area contributed by atoms with Gasteiger partial charge in [0.2, 0.25) is 5.91 Å². The molecule has 0 radical (unpaired) electrons.